The minimum Gasteiger partial charge on any atom is -0.465 e. The Kier molecular flexibility index (Phi) is 2.82. The maximum atomic E-state index is 11.6. The standard InChI is InChI=1S/C12H11NO4/c1-16-11(14)9-7-13(12(15)17-2)10-6-4-3-5-8(9)10/h3-7H,1-2H3. The van der Waals surface area contributed by atoms with E-state index in [1.54, 1.807) is 24.3 Å². The van der Waals surface area contributed by atoms with Crippen LogP contribution < -0.4 is 0 Å². The van der Waals surface area contributed by atoms with Crippen molar-refractivity contribution < 1.29 is 19.1 Å². The van der Waals surface area contributed by atoms with E-state index in [0.717, 1.165) is 0 Å². The van der Waals surface area contributed by atoms with Gasteiger partial charge in [0.1, 0.15) is 0 Å². The Balaban J connectivity index is 2.71. The summed E-state index contributed by atoms with van der Waals surface area (Å²) >= 11 is 0. The predicted octanol–water partition coefficient (Wildman–Crippen LogP) is 2.04. The molecule has 17 heavy (non-hydrogen) atoms. The number of methoxy groups -OCH3 is 2. The van der Waals surface area contributed by atoms with Gasteiger partial charge in [0.2, 0.25) is 0 Å². The largest absolute Gasteiger partial charge is 0.465 e. The molecule has 0 aliphatic rings. The van der Waals surface area contributed by atoms with E-state index in [2.05, 4.69) is 9.47 Å². The molecule has 5 nitrogen and oxygen atoms in total. The average molecular weight is 233 g/mol. The van der Waals surface area contributed by atoms with Crippen molar-refractivity contribution in [2.75, 3.05) is 14.2 Å². The fourth-order valence-electron chi connectivity index (χ4n) is 1.70. The van der Waals surface area contributed by atoms with Crippen molar-refractivity contribution in [1.82, 2.24) is 4.57 Å². The van der Waals surface area contributed by atoms with Gasteiger partial charge in [-0.1, -0.05) is 18.2 Å². The van der Waals surface area contributed by atoms with E-state index in [1.165, 1.54) is 25.0 Å². The lowest BCUT2D eigenvalue weighted by molar-refractivity contribution is 0.0603. The number of hydrogen-bond donors (Lipinski definition) is 0. The summed E-state index contributed by atoms with van der Waals surface area (Å²) in [6.07, 6.45) is 0.874. The number of esters is 1. The monoisotopic (exact) mass is 233 g/mol. The number of hydrogen-bond acceptors (Lipinski definition) is 4. The molecule has 2 aromatic rings. The van der Waals surface area contributed by atoms with Gasteiger partial charge in [-0.15, -0.1) is 0 Å². The first-order valence-electron chi connectivity index (χ1n) is 4.95. The molecule has 0 radical (unpaired) electrons. The van der Waals surface area contributed by atoms with E-state index >= 15 is 0 Å². The summed E-state index contributed by atoms with van der Waals surface area (Å²) in [5, 5.41) is 0.657. The van der Waals surface area contributed by atoms with Crippen molar-refractivity contribution in [3.05, 3.63) is 36.0 Å². The van der Waals surface area contributed by atoms with Crippen LogP contribution in [-0.4, -0.2) is 30.8 Å². The highest BCUT2D eigenvalue weighted by molar-refractivity contribution is 6.06. The average Bonchev–Trinajstić information content (AvgIpc) is 2.76. The summed E-state index contributed by atoms with van der Waals surface area (Å²) < 4.78 is 10.6. The lowest BCUT2D eigenvalue weighted by Crippen LogP contribution is -2.10. The summed E-state index contributed by atoms with van der Waals surface area (Å²) in [4.78, 5) is 23.1. The summed E-state index contributed by atoms with van der Waals surface area (Å²) in [6, 6.07) is 7.05. The van der Waals surface area contributed by atoms with Gasteiger partial charge < -0.3 is 9.47 Å². The van der Waals surface area contributed by atoms with Crippen LogP contribution in [0.15, 0.2) is 30.5 Å². The Hall–Kier alpha value is -2.30. The number of para-hydroxylation sites is 1. The van der Waals surface area contributed by atoms with Gasteiger partial charge in [0.25, 0.3) is 0 Å². The normalized spacial score (nSPS) is 10.2. The van der Waals surface area contributed by atoms with Crippen LogP contribution in [0.2, 0.25) is 0 Å². The van der Waals surface area contributed by atoms with Gasteiger partial charge in [0.15, 0.2) is 0 Å². The van der Waals surface area contributed by atoms with Crippen LogP contribution in [0.5, 0.6) is 0 Å². The smallest absolute Gasteiger partial charge is 0.418 e. The van der Waals surface area contributed by atoms with E-state index in [9.17, 15) is 9.59 Å². The predicted molar refractivity (Wildman–Crippen MR) is 61.1 cm³/mol. The van der Waals surface area contributed by atoms with Gasteiger partial charge in [0, 0.05) is 11.6 Å². The van der Waals surface area contributed by atoms with Crippen LogP contribution in [0.3, 0.4) is 0 Å². The number of ether oxygens (including phenoxy) is 2. The Morgan fingerprint density at radius 3 is 2.47 bits per heavy atom. The van der Waals surface area contributed by atoms with Gasteiger partial charge in [-0.2, -0.15) is 0 Å². The van der Waals surface area contributed by atoms with Crippen LogP contribution >= 0.6 is 0 Å². The Morgan fingerprint density at radius 1 is 1.12 bits per heavy atom. The molecule has 0 unspecified atom stereocenters. The summed E-state index contributed by atoms with van der Waals surface area (Å²) in [5.41, 5.74) is 0.952. The second-order valence-electron chi connectivity index (χ2n) is 3.39. The fraction of sp³-hybridized carbons (Fsp3) is 0.167. The Morgan fingerprint density at radius 2 is 1.82 bits per heavy atom. The number of carbonyl (C=O) groups is 2. The molecule has 1 heterocycles. The number of benzene rings is 1. The van der Waals surface area contributed by atoms with Crippen LogP contribution in [0.4, 0.5) is 4.79 Å². The molecule has 2 rings (SSSR count). The first-order valence-corrected chi connectivity index (χ1v) is 4.95. The highest BCUT2D eigenvalue weighted by Crippen LogP contribution is 2.22. The van der Waals surface area contributed by atoms with E-state index < -0.39 is 12.1 Å². The molecule has 0 saturated carbocycles. The molecular formula is C12H11NO4. The van der Waals surface area contributed by atoms with E-state index in [0.29, 0.717) is 16.5 Å². The van der Waals surface area contributed by atoms with Crippen molar-refractivity contribution in [3.63, 3.8) is 0 Å². The highest BCUT2D eigenvalue weighted by atomic mass is 16.5. The topological polar surface area (TPSA) is 57.5 Å². The van der Waals surface area contributed by atoms with Crippen molar-refractivity contribution >= 4 is 23.0 Å². The minimum absolute atomic E-state index is 0.341. The molecule has 0 fully saturated rings. The van der Waals surface area contributed by atoms with Gasteiger partial charge in [0.05, 0.1) is 25.3 Å². The summed E-state index contributed by atoms with van der Waals surface area (Å²) in [6.45, 7) is 0. The molecule has 5 heteroatoms. The third kappa shape index (κ3) is 1.75. The SMILES string of the molecule is COC(=O)c1cn(C(=O)OC)c2ccccc12. The molecule has 0 atom stereocenters. The van der Waals surface area contributed by atoms with Gasteiger partial charge in [-0.05, 0) is 6.07 Å². The number of rotatable bonds is 1. The van der Waals surface area contributed by atoms with Gasteiger partial charge in [-0.25, -0.2) is 9.59 Å². The zero-order chi connectivity index (χ0) is 12.4. The molecule has 0 aliphatic carbocycles. The third-order valence-electron chi connectivity index (χ3n) is 2.49. The highest BCUT2D eigenvalue weighted by Gasteiger charge is 2.18. The van der Waals surface area contributed by atoms with E-state index in [4.69, 9.17) is 0 Å². The lowest BCUT2D eigenvalue weighted by atomic mass is 10.2. The maximum Gasteiger partial charge on any atom is 0.418 e. The summed E-state index contributed by atoms with van der Waals surface area (Å²) in [7, 11) is 2.58. The number of carbonyl (C=O) groups excluding carboxylic acids is 2. The molecule has 1 aromatic carbocycles. The van der Waals surface area contributed by atoms with Crippen molar-refractivity contribution in [2.24, 2.45) is 0 Å². The van der Waals surface area contributed by atoms with Crippen molar-refractivity contribution in [1.29, 1.82) is 0 Å². The van der Waals surface area contributed by atoms with Gasteiger partial charge in [-0.3, -0.25) is 4.57 Å². The maximum absolute atomic E-state index is 11.6. The van der Waals surface area contributed by atoms with E-state index in [-0.39, 0.29) is 0 Å². The second-order valence-corrected chi connectivity index (χ2v) is 3.39. The third-order valence-corrected chi connectivity index (χ3v) is 2.49. The number of aromatic nitrogens is 1. The molecule has 0 saturated heterocycles. The molecule has 88 valence electrons. The van der Waals surface area contributed by atoms with Crippen LogP contribution in [0.25, 0.3) is 10.9 Å². The first-order chi connectivity index (χ1) is 8.19. The van der Waals surface area contributed by atoms with E-state index in [1.807, 2.05) is 0 Å². The second kappa shape index (κ2) is 4.29. The molecule has 1 aromatic heterocycles. The molecule has 0 amide bonds. The summed E-state index contributed by atoms with van der Waals surface area (Å²) in [5.74, 6) is -0.483. The number of nitrogens with zero attached hydrogens (tertiary/aromatic N) is 1. The quantitative estimate of drug-likeness (QED) is 0.707. The molecule has 0 spiro atoms. The molecule has 0 bridgehead atoms. The zero-order valence-corrected chi connectivity index (χ0v) is 9.47. The van der Waals surface area contributed by atoms with Crippen LogP contribution in [0.1, 0.15) is 10.4 Å². The minimum atomic E-state index is -0.545. The zero-order valence-electron chi connectivity index (χ0n) is 9.47. The van der Waals surface area contributed by atoms with Crippen LogP contribution in [-0.2, 0) is 9.47 Å². The Labute approximate surface area is 97.5 Å². The lowest BCUT2D eigenvalue weighted by Gasteiger charge is -2.00. The van der Waals surface area contributed by atoms with Crippen LogP contribution in [0, 0.1) is 0 Å². The first kappa shape index (κ1) is 11.2. The molecular weight excluding hydrogens is 222 g/mol. The molecule has 0 aliphatic heterocycles. The van der Waals surface area contributed by atoms with Crippen molar-refractivity contribution in [2.45, 2.75) is 0 Å². The van der Waals surface area contributed by atoms with Gasteiger partial charge >= 0.3 is 12.1 Å². The molecule has 0 N–H and O–H groups in total. The Bertz CT molecular complexity index is 535. The van der Waals surface area contributed by atoms with Crippen molar-refractivity contribution in [3.8, 4) is 0 Å². The number of fused-ring (bicyclic) bond motifs is 1. The fourth-order valence-corrected chi connectivity index (χ4v) is 1.70.